The zero-order valence-electron chi connectivity index (χ0n) is 10.5. The van der Waals surface area contributed by atoms with Crippen LogP contribution >= 0.6 is 15.9 Å². The molecule has 6 heteroatoms. The highest BCUT2D eigenvalue weighted by molar-refractivity contribution is 9.10. The van der Waals surface area contributed by atoms with E-state index in [4.69, 9.17) is 5.73 Å². The third kappa shape index (κ3) is 3.55. The van der Waals surface area contributed by atoms with Gasteiger partial charge in [-0.3, -0.25) is 0 Å². The van der Waals surface area contributed by atoms with Crippen LogP contribution in [0.15, 0.2) is 22.7 Å². The largest absolute Gasteiger partial charge is 0.326 e. The van der Waals surface area contributed by atoms with Crippen molar-refractivity contribution in [3.63, 3.8) is 0 Å². The van der Waals surface area contributed by atoms with Crippen molar-refractivity contribution < 1.29 is 12.8 Å². The average molecular weight is 350 g/mol. The van der Waals surface area contributed by atoms with E-state index in [1.807, 2.05) is 0 Å². The van der Waals surface area contributed by atoms with Crippen molar-refractivity contribution >= 4 is 25.8 Å². The number of halogens is 2. The quantitative estimate of drug-likeness (QED) is 0.911. The van der Waals surface area contributed by atoms with Crippen molar-refractivity contribution in [2.45, 2.75) is 37.0 Å². The van der Waals surface area contributed by atoms with Gasteiger partial charge >= 0.3 is 0 Å². The molecule has 0 radical (unpaired) electrons. The fraction of sp³-hybridized carbons (Fsp3) is 0.538. The topological polar surface area (TPSA) is 60.2 Å². The summed E-state index contributed by atoms with van der Waals surface area (Å²) < 4.78 is 38.4. The molecule has 0 aromatic heterocycles. The monoisotopic (exact) mass is 349 g/mol. The number of rotatable bonds is 3. The van der Waals surface area contributed by atoms with Gasteiger partial charge in [-0.1, -0.05) is 22.4 Å². The third-order valence-corrected chi connectivity index (χ3v) is 6.43. The molecule has 2 atom stereocenters. The van der Waals surface area contributed by atoms with Crippen LogP contribution in [0.1, 0.15) is 24.8 Å². The molecule has 1 fully saturated rings. The highest BCUT2D eigenvalue weighted by Gasteiger charge is 2.33. The maximum absolute atomic E-state index is 13.7. The summed E-state index contributed by atoms with van der Waals surface area (Å²) >= 11 is 3.28. The van der Waals surface area contributed by atoms with Crippen LogP contribution in [0.25, 0.3) is 0 Å². The Labute approximate surface area is 121 Å². The molecule has 0 aliphatic carbocycles. The molecule has 0 amide bonds. The molecular weight excluding hydrogens is 333 g/mol. The highest BCUT2D eigenvalue weighted by atomic mass is 79.9. The van der Waals surface area contributed by atoms with Gasteiger partial charge in [-0.05, 0) is 43.0 Å². The van der Waals surface area contributed by atoms with Crippen molar-refractivity contribution in [3.05, 3.63) is 34.1 Å². The SMILES string of the molecule is NC(Cc1cc(Br)ccc1F)C1CCCCS1(=O)=O. The number of benzene rings is 1. The first kappa shape index (κ1) is 14.9. The van der Waals surface area contributed by atoms with E-state index in [0.717, 1.165) is 10.9 Å². The number of hydrogen-bond donors (Lipinski definition) is 1. The standard InChI is InChI=1S/C13H17BrFNO2S/c14-10-4-5-11(15)9(7-10)8-12(16)13-3-1-2-6-19(13,17)18/h4-5,7,12-13H,1-3,6,8,16H2. The molecule has 3 nitrogen and oxygen atoms in total. The summed E-state index contributed by atoms with van der Waals surface area (Å²) in [6, 6.07) is 4.09. The predicted octanol–water partition coefficient (Wildman–Crippen LogP) is 2.43. The Kier molecular flexibility index (Phi) is 4.63. The maximum atomic E-state index is 13.7. The number of hydrogen-bond acceptors (Lipinski definition) is 3. The smallest absolute Gasteiger partial charge is 0.154 e. The Hall–Kier alpha value is -0.460. The minimum Gasteiger partial charge on any atom is -0.326 e. The van der Waals surface area contributed by atoms with Gasteiger partial charge in [-0.2, -0.15) is 0 Å². The van der Waals surface area contributed by atoms with Gasteiger partial charge in [0, 0.05) is 10.5 Å². The van der Waals surface area contributed by atoms with Crippen LogP contribution < -0.4 is 5.73 Å². The van der Waals surface area contributed by atoms with Gasteiger partial charge in [-0.15, -0.1) is 0 Å². The Morgan fingerprint density at radius 2 is 2.16 bits per heavy atom. The average Bonchev–Trinajstić information content (AvgIpc) is 2.33. The summed E-state index contributed by atoms with van der Waals surface area (Å²) in [5, 5.41) is -0.542. The van der Waals surface area contributed by atoms with Crippen LogP contribution in [0.4, 0.5) is 4.39 Å². The van der Waals surface area contributed by atoms with E-state index >= 15 is 0 Å². The van der Waals surface area contributed by atoms with E-state index in [0.29, 0.717) is 18.4 Å². The van der Waals surface area contributed by atoms with Gasteiger partial charge in [0.05, 0.1) is 11.0 Å². The Morgan fingerprint density at radius 1 is 1.42 bits per heavy atom. The lowest BCUT2D eigenvalue weighted by Gasteiger charge is -2.27. The van der Waals surface area contributed by atoms with E-state index in [2.05, 4.69) is 15.9 Å². The summed E-state index contributed by atoms with van der Waals surface area (Å²) in [5.74, 6) is -0.140. The van der Waals surface area contributed by atoms with E-state index in [1.165, 1.54) is 6.07 Å². The molecule has 19 heavy (non-hydrogen) atoms. The highest BCUT2D eigenvalue weighted by Crippen LogP contribution is 2.24. The van der Waals surface area contributed by atoms with Crippen LogP contribution in [0.2, 0.25) is 0 Å². The second-order valence-corrected chi connectivity index (χ2v) is 8.26. The molecule has 1 aliphatic rings. The molecule has 1 aromatic rings. The van der Waals surface area contributed by atoms with E-state index in [9.17, 15) is 12.8 Å². The predicted molar refractivity (Wildman–Crippen MR) is 77.2 cm³/mol. The Balaban J connectivity index is 2.16. The van der Waals surface area contributed by atoms with Crippen LogP contribution in [0.3, 0.4) is 0 Å². The Morgan fingerprint density at radius 3 is 2.84 bits per heavy atom. The summed E-state index contributed by atoms with van der Waals surface area (Å²) in [6.07, 6.45) is 2.41. The molecule has 1 aliphatic heterocycles. The molecule has 1 aromatic carbocycles. The fourth-order valence-electron chi connectivity index (χ4n) is 2.55. The van der Waals surface area contributed by atoms with Gasteiger partial charge in [0.2, 0.25) is 0 Å². The molecule has 1 heterocycles. The van der Waals surface area contributed by atoms with Crippen molar-refractivity contribution in [1.82, 2.24) is 0 Å². The second-order valence-electron chi connectivity index (χ2n) is 5.00. The maximum Gasteiger partial charge on any atom is 0.154 e. The molecule has 2 N–H and O–H groups in total. The van der Waals surface area contributed by atoms with Crippen molar-refractivity contribution in [3.8, 4) is 0 Å². The van der Waals surface area contributed by atoms with Crippen molar-refractivity contribution in [2.24, 2.45) is 5.73 Å². The van der Waals surface area contributed by atoms with E-state index < -0.39 is 21.1 Å². The minimum absolute atomic E-state index is 0.201. The second kappa shape index (κ2) is 5.89. The molecule has 1 saturated heterocycles. The summed E-state index contributed by atoms with van der Waals surface area (Å²) in [4.78, 5) is 0. The normalized spacial score (nSPS) is 24.1. The molecule has 106 valence electrons. The minimum atomic E-state index is -3.13. The fourth-order valence-corrected chi connectivity index (χ4v) is 5.02. The third-order valence-electron chi connectivity index (χ3n) is 3.57. The summed E-state index contributed by atoms with van der Waals surface area (Å²) in [5.41, 5.74) is 6.47. The van der Waals surface area contributed by atoms with Crippen molar-refractivity contribution in [2.75, 3.05) is 5.75 Å². The van der Waals surface area contributed by atoms with Crippen LogP contribution in [-0.4, -0.2) is 25.5 Å². The van der Waals surface area contributed by atoms with Crippen LogP contribution in [0.5, 0.6) is 0 Å². The molecule has 2 unspecified atom stereocenters. The van der Waals surface area contributed by atoms with Gasteiger partial charge in [0.1, 0.15) is 5.82 Å². The van der Waals surface area contributed by atoms with Gasteiger partial charge in [0.25, 0.3) is 0 Å². The molecule has 0 saturated carbocycles. The molecule has 0 bridgehead atoms. The first-order chi connectivity index (χ1) is 8.90. The molecule has 2 rings (SSSR count). The number of nitrogens with two attached hydrogens (primary N) is 1. The zero-order valence-corrected chi connectivity index (χ0v) is 12.9. The summed E-state index contributed by atoms with van der Waals surface area (Å²) in [6.45, 7) is 0. The van der Waals surface area contributed by atoms with Crippen LogP contribution in [0, 0.1) is 5.82 Å². The number of sulfone groups is 1. The van der Waals surface area contributed by atoms with Crippen LogP contribution in [-0.2, 0) is 16.3 Å². The van der Waals surface area contributed by atoms with E-state index in [-0.39, 0.29) is 18.0 Å². The van der Waals surface area contributed by atoms with Gasteiger partial charge in [-0.25, -0.2) is 12.8 Å². The van der Waals surface area contributed by atoms with Gasteiger partial charge < -0.3 is 5.73 Å². The molecule has 0 spiro atoms. The Bertz CT molecular complexity index is 562. The molecular formula is C13H17BrFNO2S. The lowest BCUT2D eigenvalue weighted by Crippen LogP contribution is -2.45. The first-order valence-electron chi connectivity index (χ1n) is 6.31. The lowest BCUT2D eigenvalue weighted by atomic mass is 10.00. The zero-order chi connectivity index (χ0) is 14.0. The summed E-state index contributed by atoms with van der Waals surface area (Å²) in [7, 11) is -3.13. The van der Waals surface area contributed by atoms with Gasteiger partial charge in [0.15, 0.2) is 9.84 Å². The van der Waals surface area contributed by atoms with E-state index in [1.54, 1.807) is 12.1 Å². The van der Waals surface area contributed by atoms with Crippen molar-refractivity contribution in [1.29, 1.82) is 0 Å². The first-order valence-corrected chi connectivity index (χ1v) is 8.82. The lowest BCUT2D eigenvalue weighted by molar-refractivity contribution is 0.489.